The van der Waals surface area contributed by atoms with E-state index >= 15 is 0 Å². The number of nitrogens with zero attached hydrogens (tertiary/aromatic N) is 3. The quantitative estimate of drug-likeness (QED) is 0.741. The van der Waals surface area contributed by atoms with Crippen LogP contribution in [-0.2, 0) is 0 Å². The molecule has 0 amide bonds. The smallest absolute Gasteiger partial charge is 0.243 e. The number of rotatable bonds is 6. The number of aromatic nitrogens is 3. The SMILES string of the molecule is CCNCCCNc1nc2cc(C)ccn2n1. The molecule has 2 aromatic rings. The molecule has 2 N–H and O–H groups in total. The summed E-state index contributed by atoms with van der Waals surface area (Å²) in [5.41, 5.74) is 2.09. The minimum absolute atomic E-state index is 0.701. The van der Waals surface area contributed by atoms with Crippen LogP contribution in [-0.4, -0.2) is 34.2 Å². The van der Waals surface area contributed by atoms with Crippen molar-refractivity contribution in [1.29, 1.82) is 0 Å². The molecule has 0 aliphatic rings. The summed E-state index contributed by atoms with van der Waals surface area (Å²) < 4.78 is 1.79. The van der Waals surface area contributed by atoms with Crippen molar-refractivity contribution in [1.82, 2.24) is 19.9 Å². The van der Waals surface area contributed by atoms with Crippen LogP contribution in [0.25, 0.3) is 5.65 Å². The van der Waals surface area contributed by atoms with E-state index in [0.29, 0.717) is 5.95 Å². The first-order valence-corrected chi connectivity index (χ1v) is 6.07. The van der Waals surface area contributed by atoms with Gasteiger partial charge in [-0.25, -0.2) is 4.52 Å². The summed E-state index contributed by atoms with van der Waals surface area (Å²) in [6.45, 7) is 7.10. The fourth-order valence-corrected chi connectivity index (χ4v) is 1.65. The molecule has 0 aromatic carbocycles. The fourth-order valence-electron chi connectivity index (χ4n) is 1.65. The Bertz CT molecular complexity index is 477. The van der Waals surface area contributed by atoms with Crippen LogP contribution in [0.1, 0.15) is 18.9 Å². The first kappa shape index (κ1) is 11.9. The van der Waals surface area contributed by atoms with Gasteiger partial charge in [0.05, 0.1) is 0 Å². The molecule has 17 heavy (non-hydrogen) atoms. The van der Waals surface area contributed by atoms with E-state index in [1.807, 2.05) is 18.3 Å². The number of aryl methyl sites for hydroxylation is 1. The second-order valence-electron chi connectivity index (χ2n) is 4.08. The molecule has 0 radical (unpaired) electrons. The lowest BCUT2D eigenvalue weighted by Gasteiger charge is -2.01. The topological polar surface area (TPSA) is 54.2 Å². The van der Waals surface area contributed by atoms with Gasteiger partial charge in [0.15, 0.2) is 5.65 Å². The minimum atomic E-state index is 0.701. The maximum atomic E-state index is 4.41. The van der Waals surface area contributed by atoms with Gasteiger partial charge in [0, 0.05) is 12.7 Å². The third kappa shape index (κ3) is 3.17. The zero-order valence-electron chi connectivity index (χ0n) is 10.4. The molecule has 0 atom stereocenters. The Morgan fingerprint density at radius 1 is 1.35 bits per heavy atom. The van der Waals surface area contributed by atoms with Gasteiger partial charge in [0.1, 0.15) is 0 Å². The molecule has 2 rings (SSSR count). The van der Waals surface area contributed by atoms with Crippen LogP contribution in [0.15, 0.2) is 18.3 Å². The normalized spacial score (nSPS) is 10.9. The molecule has 5 heteroatoms. The van der Waals surface area contributed by atoms with E-state index in [1.165, 1.54) is 5.56 Å². The van der Waals surface area contributed by atoms with E-state index in [-0.39, 0.29) is 0 Å². The first-order chi connectivity index (χ1) is 8.29. The molecule has 0 spiro atoms. The van der Waals surface area contributed by atoms with E-state index in [0.717, 1.165) is 31.7 Å². The highest BCUT2D eigenvalue weighted by Gasteiger charge is 2.01. The second-order valence-corrected chi connectivity index (χ2v) is 4.08. The van der Waals surface area contributed by atoms with Crippen molar-refractivity contribution in [3.8, 4) is 0 Å². The van der Waals surface area contributed by atoms with Crippen molar-refractivity contribution in [2.24, 2.45) is 0 Å². The van der Waals surface area contributed by atoms with E-state index in [1.54, 1.807) is 4.52 Å². The van der Waals surface area contributed by atoms with Gasteiger partial charge in [-0.3, -0.25) is 0 Å². The maximum Gasteiger partial charge on any atom is 0.243 e. The zero-order valence-corrected chi connectivity index (χ0v) is 10.4. The number of pyridine rings is 1. The lowest BCUT2D eigenvalue weighted by atomic mass is 10.3. The van der Waals surface area contributed by atoms with Crippen LogP contribution < -0.4 is 10.6 Å². The van der Waals surface area contributed by atoms with E-state index in [9.17, 15) is 0 Å². The molecule has 0 aliphatic heterocycles. The van der Waals surface area contributed by atoms with Crippen LogP contribution in [0.5, 0.6) is 0 Å². The Morgan fingerprint density at radius 3 is 3.06 bits per heavy atom. The molecule has 5 nitrogen and oxygen atoms in total. The molecule has 0 unspecified atom stereocenters. The van der Waals surface area contributed by atoms with Gasteiger partial charge in [-0.2, -0.15) is 4.98 Å². The third-order valence-corrected chi connectivity index (χ3v) is 2.56. The lowest BCUT2D eigenvalue weighted by molar-refractivity contribution is 0.687. The van der Waals surface area contributed by atoms with Crippen LogP contribution in [0.4, 0.5) is 5.95 Å². The van der Waals surface area contributed by atoms with E-state index in [2.05, 4.69) is 34.6 Å². The molecule has 0 fully saturated rings. The van der Waals surface area contributed by atoms with Crippen LogP contribution in [0, 0.1) is 6.92 Å². The highest BCUT2D eigenvalue weighted by Crippen LogP contribution is 2.07. The molecule has 0 saturated carbocycles. The summed E-state index contributed by atoms with van der Waals surface area (Å²) in [5, 5.41) is 10.9. The maximum absolute atomic E-state index is 4.41. The molecule has 0 saturated heterocycles. The van der Waals surface area contributed by atoms with Crippen LogP contribution in [0.3, 0.4) is 0 Å². The van der Waals surface area contributed by atoms with Crippen molar-refractivity contribution < 1.29 is 0 Å². The van der Waals surface area contributed by atoms with E-state index < -0.39 is 0 Å². The Labute approximate surface area is 101 Å². The summed E-state index contributed by atoms with van der Waals surface area (Å²) >= 11 is 0. The van der Waals surface area contributed by atoms with Gasteiger partial charge >= 0.3 is 0 Å². The second kappa shape index (κ2) is 5.63. The highest BCUT2D eigenvalue weighted by atomic mass is 15.3. The van der Waals surface area contributed by atoms with Crippen molar-refractivity contribution >= 4 is 11.6 Å². The Morgan fingerprint density at radius 2 is 2.24 bits per heavy atom. The summed E-state index contributed by atoms with van der Waals surface area (Å²) in [4.78, 5) is 4.41. The summed E-state index contributed by atoms with van der Waals surface area (Å²) in [6, 6.07) is 4.05. The standard InChI is InChI=1S/C12H19N5/c1-3-13-6-4-7-14-12-15-11-9-10(2)5-8-17(11)16-12/h5,8-9,13H,3-4,6-7H2,1-2H3,(H,14,16). The Balaban J connectivity index is 1.91. The Hall–Kier alpha value is -1.62. The lowest BCUT2D eigenvalue weighted by Crippen LogP contribution is -2.17. The number of anilines is 1. The van der Waals surface area contributed by atoms with E-state index in [4.69, 9.17) is 0 Å². The monoisotopic (exact) mass is 233 g/mol. The third-order valence-electron chi connectivity index (χ3n) is 2.56. The predicted molar refractivity (Wildman–Crippen MR) is 69.4 cm³/mol. The van der Waals surface area contributed by atoms with Gasteiger partial charge in [-0.15, -0.1) is 5.10 Å². The van der Waals surface area contributed by atoms with Gasteiger partial charge < -0.3 is 10.6 Å². The molecule has 2 heterocycles. The number of hydrogen-bond acceptors (Lipinski definition) is 4. The van der Waals surface area contributed by atoms with Crippen LogP contribution >= 0.6 is 0 Å². The summed E-state index contributed by atoms with van der Waals surface area (Å²) in [7, 11) is 0. The molecule has 2 aromatic heterocycles. The molecule has 92 valence electrons. The van der Waals surface area contributed by atoms with Crippen LogP contribution in [0.2, 0.25) is 0 Å². The number of nitrogens with one attached hydrogen (secondary N) is 2. The average molecular weight is 233 g/mol. The van der Waals surface area contributed by atoms with Gasteiger partial charge in [-0.1, -0.05) is 6.92 Å². The molecule has 0 aliphatic carbocycles. The number of hydrogen-bond donors (Lipinski definition) is 2. The predicted octanol–water partition coefficient (Wildman–Crippen LogP) is 1.45. The van der Waals surface area contributed by atoms with Gasteiger partial charge in [0.2, 0.25) is 5.95 Å². The first-order valence-electron chi connectivity index (χ1n) is 6.07. The molecular weight excluding hydrogens is 214 g/mol. The Kier molecular flexibility index (Phi) is 3.93. The highest BCUT2D eigenvalue weighted by molar-refractivity contribution is 5.45. The average Bonchev–Trinajstić information content (AvgIpc) is 2.70. The molecular formula is C12H19N5. The minimum Gasteiger partial charge on any atom is -0.353 e. The number of fused-ring (bicyclic) bond motifs is 1. The van der Waals surface area contributed by atoms with Crippen molar-refractivity contribution in [2.45, 2.75) is 20.3 Å². The summed E-state index contributed by atoms with van der Waals surface area (Å²) in [6.07, 6.45) is 3.00. The zero-order chi connectivity index (χ0) is 12.1. The van der Waals surface area contributed by atoms with Gasteiger partial charge in [0.25, 0.3) is 0 Å². The van der Waals surface area contributed by atoms with Crippen molar-refractivity contribution in [2.75, 3.05) is 25.0 Å². The molecule has 0 bridgehead atoms. The largest absolute Gasteiger partial charge is 0.353 e. The van der Waals surface area contributed by atoms with Gasteiger partial charge in [-0.05, 0) is 44.1 Å². The van der Waals surface area contributed by atoms with Crippen molar-refractivity contribution in [3.05, 3.63) is 23.9 Å². The summed E-state index contributed by atoms with van der Waals surface area (Å²) in [5.74, 6) is 0.701. The fraction of sp³-hybridized carbons (Fsp3) is 0.500. The van der Waals surface area contributed by atoms with Crippen molar-refractivity contribution in [3.63, 3.8) is 0 Å².